The molecule has 1 heterocycles. The van der Waals surface area contributed by atoms with Crippen LogP contribution in [0.1, 0.15) is 15.9 Å². The molecule has 0 unspecified atom stereocenters. The van der Waals surface area contributed by atoms with E-state index in [0.29, 0.717) is 13.1 Å². The highest BCUT2D eigenvalue weighted by Gasteiger charge is 2.23. The molecule has 0 radical (unpaired) electrons. The van der Waals surface area contributed by atoms with E-state index in [1.54, 1.807) is 17.0 Å². The van der Waals surface area contributed by atoms with Gasteiger partial charge < -0.3 is 4.90 Å². The third-order valence-electron chi connectivity index (χ3n) is 3.42. The van der Waals surface area contributed by atoms with Crippen molar-refractivity contribution in [3.05, 3.63) is 35.1 Å². The number of hydrogen-bond donors (Lipinski definition) is 0. The maximum absolute atomic E-state index is 13.8. The van der Waals surface area contributed by atoms with E-state index in [1.807, 2.05) is 6.92 Å². The Balaban J connectivity index is 2.01. The summed E-state index contributed by atoms with van der Waals surface area (Å²) in [6, 6.07) is 4.77. The van der Waals surface area contributed by atoms with Gasteiger partial charge in [0.25, 0.3) is 5.91 Å². The first-order valence-electron chi connectivity index (χ1n) is 6.45. The summed E-state index contributed by atoms with van der Waals surface area (Å²) in [4.78, 5) is 16.3. The molecule has 104 valence electrons. The monoisotopic (exact) mass is 328 g/mol. The number of rotatable bonds is 3. The van der Waals surface area contributed by atoms with Crippen molar-refractivity contribution in [3.63, 3.8) is 0 Å². The molecule has 19 heavy (non-hydrogen) atoms. The number of aryl methyl sites for hydroxylation is 1. The van der Waals surface area contributed by atoms with Crippen LogP contribution >= 0.6 is 15.9 Å². The van der Waals surface area contributed by atoms with Gasteiger partial charge in [-0.15, -0.1) is 0 Å². The number of nitrogens with zero attached hydrogens (tertiary/aromatic N) is 2. The molecule has 1 aromatic carbocycles. The zero-order chi connectivity index (χ0) is 13.8. The first kappa shape index (κ1) is 14.5. The molecule has 0 aliphatic carbocycles. The van der Waals surface area contributed by atoms with Gasteiger partial charge in [0, 0.05) is 38.1 Å². The summed E-state index contributed by atoms with van der Waals surface area (Å²) < 4.78 is 13.8. The van der Waals surface area contributed by atoms with Crippen LogP contribution in [0.25, 0.3) is 0 Å². The molecule has 1 fully saturated rings. The van der Waals surface area contributed by atoms with E-state index in [2.05, 4.69) is 20.8 Å². The van der Waals surface area contributed by atoms with E-state index in [-0.39, 0.29) is 11.5 Å². The molecule has 0 aromatic heterocycles. The van der Waals surface area contributed by atoms with E-state index in [4.69, 9.17) is 0 Å². The number of alkyl halides is 1. The van der Waals surface area contributed by atoms with Crippen LogP contribution in [0.15, 0.2) is 18.2 Å². The SMILES string of the molecule is Cc1ccc(C(=O)N2CCN(CCBr)CC2)c(F)c1. The minimum atomic E-state index is -0.423. The van der Waals surface area contributed by atoms with Gasteiger partial charge in [-0.05, 0) is 24.6 Å². The second-order valence-corrected chi connectivity index (χ2v) is 5.60. The maximum Gasteiger partial charge on any atom is 0.256 e. The first-order chi connectivity index (χ1) is 9.11. The van der Waals surface area contributed by atoms with Crippen molar-refractivity contribution < 1.29 is 9.18 Å². The highest BCUT2D eigenvalue weighted by atomic mass is 79.9. The Hall–Kier alpha value is -0.940. The van der Waals surface area contributed by atoms with Crippen LogP contribution in [-0.2, 0) is 0 Å². The smallest absolute Gasteiger partial charge is 0.256 e. The fourth-order valence-electron chi connectivity index (χ4n) is 2.26. The van der Waals surface area contributed by atoms with Gasteiger partial charge in [-0.25, -0.2) is 4.39 Å². The van der Waals surface area contributed by atoms with Gasteiger partial charge in [-0.1, -0.05) is 22.0 Å². The Morgan fingerprint density at radius 3 is 2.58 bits per heavy atom. The van der Waals surface area contributed by atoms with Crippen molar-refractivity contribution in [2.75, 3.05) is 38.1 Å². The third kappa shape index (κ3) is 3.54. The van der Waals surface area contributed by atoms with Crippen molar-refractivity contribution in [2.45, 2.75) is 6.92 Å². The second kappa shape index (κ2) is 6.48. The third-order valence-corrected chi connectivity index (χ3v) is 3.77. The Morgan fingerprint density at radius 2 is 2.00 bits per heavy atom. The molecule has 0 atom stereocenters. The lowest BCUT2D eigenvalue weighted by atomic mass is 10.1. The summed E-state index contributed by atoms with van der Waals surface area (Å²) in [6.45, 7) is 5.84. The molecule has 0 spiro atoms. The Morgan fingerprint density at radius 1 is 1.32 bits per heavy atom. The first-order valence-corrected chi connectivity index (χ1v) is 7.57. The average molecular weight is 329 g/mol. The van der Waals surface area contributed by atoms with Gasteiger partial charge in [0.05, 0.1) is 5.56 Å². The summed E-state index contributed by atoms with van der Waals surface area (Å²) in [5.41, 5.74) is 1.01. The van der Waals surface area contributed by atoms with Crippen molar-refractivity contribution in [1.29, 1.82) is 0 Å². The number of hydrogen-bond acceptors (Lipinski definition) is 2. The predicted octanol–water partition coefficient (Wildman–Crippen LogP) is 2.29. The second-order valence-electron chi connectivity index (χ2n) is 4.81. The molecule has 0 saturated carbocycles. The fourth-order valence-corrected chi connectivity index (χ4v) is 2.76. The molecule has 2 rings (SSSR count). The van der Waals surface area contributed by atoms with Gasteiger partial charge in [-0.2, -0.15) is 0 Å². The molecule has 1 amide bonds. The number of benzene rings is 1. The summed E-state index contributed by atoms with van der Waals surface area (Å²) in [5, 5.41) is 0.938. The average Bonchev–Trinajstić information content (AvgIpc) is 2.39. The Bertz CT molecular complexity index is 459. The molecule has 1 saturated heterocycles. The van der Waals surface area contributed by atoms with Crippen LogP contribution in [-0.4, -0.2) is 53.8 Å². The molecule has 5 heteroatoms. The minimum absolute atomic E-state index is 0.180. The summed E-state index contributed by atoms with van der Waals surface area (Å²) in [7, 11) is 0. The van der Waals surface area contributed by atoms with Crippen LogP contribution in [0, 0.1) is 12.7 Å². The number of piperazine rings is 1. The van der Waals surface area contributed by atoms with E-state index in [1.165, 1.54) is 6.07 Å². The molecular formula is C14H18BrFN2O. The lowest BCUT2D eigenvalue weighted by Gasteiger charge is -2.34. The number of carbonyl (C=O) groups excluding carboxylic acids is 1. The van der Waals surface area contributed by atoms with Gasteiger partial charge in [0.1, 0.15) is 5.82 Å². The fraction of sp³-hybridized carbons (Fsp3) is 0.500. The zero-order valence-corrected chi connectivity index (χ0v) is 12.6. The van der Waals surface area contributed by atoms with Crippen LogP contribution < -0.4 is 0 Å². The summed E-state index contributed by atoms with van der Waals surface area (Å²) >= 11 is 3.41. The van der Waals surface area contributed by atoms with E-state index in [9.17, 15) is 9.18 Å². The number of carbonyl (C=O) groups is 1. The van der Waals surface area contributed by atoms with Gasteiger partial charge in [0.15, 0.2) is 0 Å². The van der Waals surface area contributed by atoms with Gasteiger partial charge in [-0.3, -0.25) is 9.69 Å². The minimum Gasteiger partial charge on any atom is -0.336 e. The predicted molar refractivity (Wildman–Crippen MR) is 77.3 cm³/mol. The summed E-state index contributed by atoms with van der Waals surface area (Å²) in [6.07, 6.45) is 0. The molecule has 1 aromatic rings. The van der Waals surface area contributed by atoms with E-state index in [0.717, 1.165) is 30.5 Å². The van der Waals surface area contributed by atoms with Crippen molar-refractivity contribution >= 4 is 21.8 Å². The van der Waals surface area contributed by atoms with Crippen LogP contribution in [0.4, 0.5) is 4.39 Å². The Kier molecular flexibility index (Phi) is 4.93. The highest BCUT2D eigenvalue weighted by molar-refractivity contribution is 9.09. The van der Waals surface area contributed by atoms with Crippen LogP contribution in [0.2, 0.25) is 0 Å². The Labute approximate surface area is 121 Å². The normalized spacial score (nSPS) is 16.7. The molecule has 3 nitrogen and oxygen atoms in total. The molecule has 1 aliphatic heterocycles. The van der Waals surface area contributed by atoms with Crippen LogP contribution in [0.3, 0.4) is 0 Å². The van der Waals surface area contributed by atoms with Crippen LogP contribution in [0.5, 0.6) is 0 Å². The van der Waals surface area contributed by atoms with E-state index < -0.39 is 5.82 Å². The van der Waals surface area contributed by atoms with Crippen molar-refractivity contribution in [1.82, 2.24) is 9.80 Å². The number of halogens is 2. The van der Waals surface area contributed by atoms with Gasteiger partial charge >= 0.3 is 0 Å². The molecule has 0 N–H and O–H groups in total. The standard InChI is InChI=1S/C14H18BrFN2O/c1-11-2-3-12(13(16)10-11)14(19)18-8-6-17(5-4-15)7-9-18/h2-3,10H,4-9H2,1H3. The quantitative estimate of drug-likeness (QED) is 0.795. The summed E-state index contributed by atoms with van der Waals surface area (Å²) in [5.74, 6) is -0.621. The topological polar surface area (TPSA) is 23.6 Å². The van der Waals surface area contributed by atoms with Crippen molar-refractivity contribution in [2.24, 2.45) is 0 Å². The number of amides is 1. The zero-order valence-electron chi connectivity index (χ0n) is 11.0. The highest BCUT2D eigenvalue weighted by Crippen LogP contribution is 2.14. The molecule has 1 aliphatic rings. The maximum atomic E-state index is 13.8. The lowest BCUT2D eigenvalue weighted by Crippen LogP contribution is -2.49. The lowest BCUT2D eigenvalue weighted by molar-refractivity contribution is 0.0640. The van der Waals surface area contributed by atoms with Gasteiger partial charge in [0.2, 0.25) is 0 Å². The molecular weight excluding hydrogens is 311 g/mol. The van der Waals surface area contributed by atoms with Crippen molar-refractivity contribution in [3.8, 4) is 0 Å². The molecule has 0 bridgehead atoms. The largest absolute Gasteiger partial charge is 0.336 e. The van der Waals surface area contributed by atoms with E-state index >= 15 is 0 Å².